The van der Waals surface area contributed by atoms with Crippen LogP contribution in [0.3, 0.4) is 0 Å². The van der Waals surface area contributed by atoms with E-state index in [-0.39, 0.29) is 17.5 Å². The van der Waals surface area contributed by atoms with E-state index in [2.05, 4.69) is 21.2 Å². The van der Waals surface area contributed by atoms with Gasteiger partial charge in [0, 0.05) is 16.1 Å². The third kappa shape index (κ3) is 3.74. The zero-order chi connectivity index (χ0) is 14.7. The summed E-state index contributed by atoms with van der Waals surface area (Å²) in [5.41, 5.74) is 6.54. The predicted molar refractivity (Wildman–Crippen MR) is 77.0 cm³/mol. The highest BCUT2D eigenvalue weighted by molar-refractivity contribution is 9.10. The Morgan fingerprint density at radius 1 is 1.47 bits per heavy atom. The molecule has 104 valence electrons. The Labute approximate surface area is 119 Å². The van der Waals surface area contributed by atoms with E-state index in [1.165, 1.54) is 6.07 Å². The highest BCUT2D eigenvalue weighted by atomic mass is 79.9. The van der Waals surface area contributed by atoms with Crippen molar-refractivity contribution in [2.45, 2.75) is 26.8 Å². The first-order valence-electron chi connectivity index (χ1n) is 5.75. The van der Waals surface area contributed by atoms with Crippen LogP contribution in [0.2, 0.25) is 0 Å². The summed E-state index contributed by atoms with van der Waals surface area (Å²) in [6.07, 6.45) is 0. The van der Waals surface area contributed by atoms with E-state index in [1.54, 1.807) is 13.0 Å². The van der Waals surface area contributed by atoms with Crippen LogP contribution in [0.1, 0.15) is 19.4 Å². The third-order valence-corrected chi connectivity index (χ3v) is 3.42. The van der Waals surface area contributed by atoms with Crippen molar-refractivity contribution in [3.8, 4) is 0 Å². The van der Waals surface area contributed by atoms with Crippen LogP contribution in [-0.2, 0) is 4.79 Å². The average Bonchev–Trinajstić information content (AvgIpc) is 2.30. The molecule has 0 fully saturated rings. The molecule has 0 aliphatic rings. The molecule has 7 heteroatoms. The Morgan fingerprint density at radius 2 is 2.05 bits per heavy atom. The maximum atomic E-state index is 11.8. The molecular weight excluding hydrogens is 314 g/mol. The van der Waals surface area contributed by atoms with Gasteiger partial charge in [0.05, 0.1) is 16.7 Å². The van der Waals surface area contributed by atoms with Gasteiger partial charge in [-0.25, -0.2) is 0 Å². The fourth-order valence-corrected chi connectivity index (χ4v) is 2.03. The van der Waals surface area contributed by atoms with E-state index < -0.39 is 11.0 Å². The summed E-state index contributed by atoms with van der Waals surface area (Å²) in [6.45, 7) is 5.29. The number of hydrogen-bond donors (Lipinski definition) is 2. The smallest absolute Gasteiger partial charge is 0.274 e. The predicted octanol–water partition coefficient (Wildman–Crippen LogP) is 2.59. The van der Waals surface area contributed by atoms with Gasteiger partial charge in [0.1, 0.15) is 0 Å². The van der Waals surface area contributed by atoms with Crippen LogP contribution in [0.5, 0.6) is 0 Å². The Bertz CT molecular complexity index is 517. The van der Waals surface area contributed by atoms with E-state index in [0.29, 0.717) is 15.7 Å². The second-order valence-electron chi connectivity index (χ2n) is 4.63. The molecule has 0 saturated heterocycles. The summed E-state index contributed by atoms with van der Waals surface area (Å²) in [5.74, 6) is -0.381. The number of hydrogen-bond acceptors (Lipinski definition) is 4. The van der Waals surface area contributed by atoms with Crippen LogP contribution in [0.15, 0.2) is 16.6 Å². The van der Waals surface area contributed by atoms with E-state index in [4.69, 9.17) is 5.73 Å². The molecule has 0 heterocycles. The molecule has 1 rings (SSSR count). The number of carbonyl (C=O) groups excluding carboxylic acids is 1. The van der Waals surface area contributed by atoms with Gasteiger partial charge in [0.2, 0.25) is 5.91 Å². The highest BCUT2D eigenvalue weighted by Crippen LogP contribution is 2.30. The van der Waals surface area contributed by atoms with Crippen molar-refractivity contribution in [1.29, 1.82) is 0 Å². The first-order chi connectivity index (χ1) is 8.73. The zero-order valence-corrected chi connectivity index (χ0v) is 12.5. The minimum Gasteiger partial charge on any atom is -0.323 e. The largest absolute Gasteiger partial charge is 0.323 e. The van der Waals surface area contributed by atoms with Crippen molar-refractivity contribution in [2.75, 3.05) is 5.32 Å². The number of benzene rings is 1. The van der Waals surface area contributed by atoms with Crippen LogP contribution >= 0.6 is 15.9 Å². The fourth-order valence-electron chi connectivity index (χ4n) is 1.47. The van der Waals surface area contributed by atoms with Crippen molar-refractivity contribution in [1.82, 2.24) is 0 Å². The van der Waals surface area contributed by atoms with Gasteiger partial charge >= 0.3 is 0 Å². The van der Waals surface area contributed by atoms with Gasteiger partial charge < -0.3 is 11.1 Å². The van der Waals surface area contributed by atoms with Crippen LogP contribution in [0, 0.1) is 23.0 Å². The molecule has 0 radical (unpaired) electrons. The summed E-state index contributed by atoms with van der Waals surface area (Å²) in [6, 6.07) is 2.26. The first-order valence-corrected chi connectivity index (χ1v) is 6.54. The lowest BCUT2D eigenvalue weighted by Crippen LogP contribution is -2.39. The number of nitrogens with zero attached hydrogens (tertiary/aromatic N) is 1. The number of nitro benzene ring substituents is 1. The number of nitrogens with two attached hydrogens (primary N) is 1. The van der Waals surface area contributed by atoms with Gasteiger partial charge in [-0.1, -0.05) is 13.8 Å². The second-order valence-corrected chi connectivity index (χ2v) is 5.49. The van der Waals surface area contributed by atoms with Crippen molar-refractivity contribution >= 4 is 33.2 Å². The summed E-state index contributed by atoms with van der Waals surface area (Å²) in [5, 5.41) is 13.5. The topological polar surface area (TPSA) is 98.3 Å². The molecule has 3 N–H and O–H groups in total. The van der Waals surface area contributed by atoms with Crippen LogP contribution in [0.4, 0.5) is 11.4 Å². The zero-order valence-electron chi connectivity index (χ0n) is 10.9. The van der Waals surface area contributed by atoms with Crippen LogP contribution in [0.25, 0.3) is 0 Å². The van der Waals surface area contributed by atoms with E-state index in [0.717, 1.165) is 0 Å². The first kappa shape index (κ1) is 15.6. The fraction of sp³-hybridized carbons (Fsp3) is 0.417. The van der Waals surface area contributed by atoms with Gasteiger partial charge in [-0.3, -0.25) is 14.9 Å². The number of nitrogens with one attached hydrogen (secondary N) is 1. The lowest BCUT2D eigenvalue weighted by Gasteiger charge is -2.16. The van der Waals surface area contributed by atoms with Gasteiger partial charge in [-0.2, -0.15) is 0 Å². The molecule has 0 unspecified atom stereocenters. The number of anilines is 1. The summed E-state index contributed by atoms with van der Waals surface area (Å²) in [7, 11) is 0. The normalized spacial score (nSPS) is 12.3. The number of carbonyl (C=O) groups is 1. The molecule has 6 nitrogen and oxygen atoms in total. The molecule has 0 aliphatic heterocycles. The van der Waals surface area contributed by atoms with Crippen molar-refractivity contribution < 1.29 is 9.72 Å². The van der Waals surface area contributed by atoms with Crippen LogP contribution in [-0.4, -0.2) is 16.9 Å². The minimum atomic E-state index is -0.660. The van der Waals surface area contributed by atoms with E-state index in [9.17, 15) is 14.9 Å². The number of amides is 1. The Hall–Kier alpha value is -1.47. The molecule has 19 heavy (non-hydrogen) atoms. The molecule has 1 aromatic rings. The molecule has 0 saturated carbocycles. The van der Waals surface area contributed by atoms with Gasteiger partial charge in [0.15, 0.2) is 0 Å². The van der Waals surface area contributed by atoms with Gasteiger partial charge in [0.25, 0.3) is 5.69 Å². The molecule has 0 spiro atoms. The molecule has 0 aromatic heterocycles. The Balaban J connectivity index is 3.05. The van der Waals surface area contributed by atoms with Crippen molar-refractivity contribution in [3.05, 3.63) is 32.3 Å². The summed E-state index contributed by atoms with van der Waals surface area (Å²) < 4.78 is 0.583. The molecule has 1 atom stereocenters. The number of nitro groups is 1. The number of aryl methyl sites for hydroxylation is 1. The third-order valence-electron chi connectivity index (χ3n) is 2.76. The molecule has 1 amide bonds. The molecule has 1 aromatic carbocycles. The quantitative estimate of drug-likeness (QED) is 0.655. The maximum absolute atomic E-state index is 11.8. The Kier molecular flexibility index (Phi) is 5.02. The molecular formula is C12H16BrN3O3. The maximum Gasteiger partial charge on any atom is 0.274 e. The lowest BCUT2D eigenvalue weighted by molar-refractivity contribution is -0.385. The van der Waals surface area contributed by atoms with E-state index >= 15 is 0 Å². The summed E-state index contributed by atoms with van der Waals surface area (Å²) >= 11 is 3.27. The highest BCUT2D eigenvalue weighted by Gasteiger charge is 2.20. The second kappa shape index (κ2) is 6.12. The SMILES string of the molecule is Cc1cc(Br)c(NC(=O)[C@@H](N)C(C)C)cc1[N+](=O)[O-]. The molecule has 0 aliphatic carbocycles. The standard InChI is InChI=1S/C12H16BrN3O3/c1-6(2)11(14)12(17)15-9-5-10(16(18)19)7(3)4-8(9)13/h4-6,11H,14H2,1-3H3,(H,15,17)/t11-/m0/s1. The minimum absolute atomic E-state index is 0.0146. The Morgan fingerprint density at radius 3 is 2.53 bits per heavy atom. The summed E-state index contributed by atoms with van der Waals surface area (Å²) in [4.78, 5) is 22.2. The van der Waals surface area contributed by atoms with Gasteiger partial charge in [-0.15, -0.1) is 0 Å². The van der Waals surface area contributed by atoms with E-state index in [1.807, 2.05) is 13.8 Å². The molecule has 0 bridgehead atoms. The van der Waals surface area contributed by atoms with Crippen LogP contribution < -0.4 is 11.1 Å². The monoisotopic (exact) mass is 329 g/mol. The van der Waals surface area contributed by atoms with Crippen molar-refractivity contribution in [2.24, 2.45) is 11.7 Å². The van der Waals surface area contributed by atoms with Gasteiger partial charge in [-0.05, 0) is 34.8 Å². The van der Waals surface area contributed by atoms with Crippen molar-refractivity contribution in [3.63, 3.8) is 0 Å². The lowest BCUT2D eigenvalue weighted by atomic mass is 10.0. The average molecular weight is 330 g/mol. The number of rotatable bonds is 4. The number of halogens is 1.